The topological polar surface area (TPSA) is 138 Å². The minimum Gasteiger partial charge on any atom is -0.462 e. The summed E-state index contributed by atoms with van der Waals surface area (Å²) in [6.07, 6.45) is 12.0. The normalized spacial score (nSPS) is 52.6. The number of carbonyl (C=O) groups excluding carboxylic acids is 3. The van der Waals surface area contributed by atoms with Gasteiger partial charge in [-0.2, -0.15) is 0 Å². The second-order valence-electron chi connectivity index (χ2n) is 21.1. The van der Waals surface area contributed by atoms with E-state index in [1.807, 2.05) is 0 Å². The number of alkyl halides is 2. The molecule has 0 radical (unpaired) electrons. The molecule has 1 saturated heterocycles. The van der Waals surface area contributed by atoms with Crippen LogP contribution in [0.15, 0.2) is 0 Å². The van der Waals surface area contributed by atoms with E-state index in [4.69, 9.17) is 23.7 Å². The summed E-state index contributed by atoms with van der Waals surface area (Å²) in [5.41, 5.74) is -5.86. The zero-order valence-electron chi connectivity index (χ0n) is 31.0. The second kappa shape index (κ2) is 11.4. The van der Waals surface area contributed by atoms with Crippen molar-refractivity contribution >= 4 is 17.9 Å². The summed E-state index contributed by atoms with van der Waals surface area (Å²) in [4.78, 5) is 41.5. The first-order valence-corrected chi connectivity index (χ1v) is 20.6. The van der Waals surface area contributed by atoms with Crippen LogP contribution in [0.25, 0.3) is 0 Å². The van der Waals surface area contributed by atoms with Crippen molar-refractivity contribution in [2.45, 2.75) is 144 Å². The van der Waals surface area contributed by atoms with E-state index in [0.717, 1.165) is 58.3 Å². The smallest absolute Gasteiger partial charge is 0.312 e. The van der Waals surface area contributed by atoms with E-state index < -0.39 is 57.1 Å². The maximum atomic E-state index is 14.1. The van der Waals surface area contributed by atoms with Crippen LogP contribution in [0, 0.1) is 57.7 Å². The van der Waals surface area contributed by atoms with Crippen molar-refractivity contribution in [1.29, 1.82) is 0 Å². The Kier molecular flexibility index (Phi) is 7.62. The summed E-state index contributed by atoms with van der Waals surface area (Å²) >= 11 is 0. The van der Waals surface area contributed by atoms with Crippen molar-refractivity contribution in [3.05, 3.63) is 0 Å². The molecule has 2 N–H and O–H groups in total. The van der Waals surface area contributed by atoms with Gasteiger partial charge < -0.3 is 33.9 Å². The van der Waals surface area contributed by atoms with Crippen LogP contribution in [0.5, 0.6) is 0 Å². The Morgan fingerprint density at radius 1 is 0.604 bits per heavy atom. The van der Waals surface area contributed by atoms with Crippen molar-refractivity contribution in [2.24, 2.45) is 57.7 Å². The van der Waals surface area contributed by atoms with Crippen molar-refractivity contribution in [2.75, 3.05) is 33.0 Å². The fourth-order valence-corrected chi connectivity index (χ4v) is 15.6. The first-order chi connectivity index (χ1) is 24.9. The average molecular weight is 747 g/mol. The Hall–Kier alpha value is -1.89. The van der Waals surface area contributed by atoms with E-state index >= 15 is 0 Å². The lowest BCUT2D eigenvalue weighted by Crippen LogP contribution is -2.70. The lowest BCUT2D eigenvalue weighted by atomic mass is 9.44. The molecule has 13 fully saturated rings. The van der Waals surface area contributed by atoms with Gasteiger partial charge in [0.25, 0.3) is 5.92 Å². The number of hydrogen-bond donors (Lipinski definition) is 2. The Morgan fingerprint density at radius 2 is 1.06 bits per heavy atom. The molecule has 0 amide bonds. The molecular weight excluding hydrogens is 690 g/mol. The summed E-state index contributed by atoms with van der Waals surface area (Å²) in [6, 6.07) is 0. The Bertz CT molecular complexity index is 1450. The number of esters is 3. The number of halogens is 2. The number of carbonyl (C=O) groups is 3. The average Bonchev–Trinajstić information content (AvgIpc) is 3.05. The van der Waals surface area contributed by atoms with Crippen LogP contribution in [0.4, 0.5) is 8.78 Å². The van der Waals surface area contributed by atoms with Crippen LogP contribution >= 0.6 is 0 Å². The monoisotopic (exact) mass is 746 g/mol. The van der Waals surface area contributed by atoms with Gasteiger partial charge in [0.1, 0.15) is 13.2 Å². The fraction of sp³-hybridized carbons (Fsp3) is 0.927. The molecule has 13 aliphatic rings. The van der Waals surface area contributed by atoms with Gasteiger partial charge in [0.15, 0.2) is 12.2 Å². The third-order valence-electron chi connectivity index (χ3n) is 16.5. The van der Waals surface area contributed by atoms with E-state index in [9.17, 15) is 33.4 Å². The molecule has 12 bridgehead atoms. The van der Waals surface area contributed by atoms with E-state index in [1.165, 1.54) is 0 Å². The molecule has 0 aromatic heterocycles. The Balaban J connectivity index is 0.871. The lowest BCUT2D eigenvalue weighted by Gasteiger charge is -2.65. The second-order valence-corrected chi connectivity index (χ2v) is 21.1. The molecule has 294 valence electrons. The summed E-state index contributed by atoms with van der Waals surface area (Å²) in [5.74, 6) is -2.84. The van der Waals surface area contributed by atoms with Gasteiger partial charge in [-0.05, 0) is 151 Å². The van der Waals surface area contributed by atoms with Crippen molar-refractivity contribution < 1.29 is 57.1 Å². The lowest BCUT2D eigenvalue weighted by molar-refractivity contribution is -0.322. The first kappa shape index (κ1) is 35.5. The van der Waals surface area contributed by atoms with E-state index in [1.54, 1.807) is 0 Å². The largest absolute Gasteiger partial charge is 0.462 e. The van der Waals surface area contributed by atoms with Gasteiger partial charge in [0.05, 0.1) is 46.3 Å². The van der Waals surface area contributed by atoms with E-state index in [0.29, 0.717) is 81.5 Å². The van der Waals surface area contributed by atoms with Crippen molar-refractivity contribution in [3.63, 3.8) is 0 Å². The van der Waals surface area contributed by atoms with Crippen LogP contribution in [0.1, 0.15) is 116 Å². The van der Waals surface area contributed by atoms with E-state index in [-0.39, 0.29) is 56.1 Å². The third kappa shape index (κ3) is 5.66. The van der Waals surface area contributed by atoms with Crippen LogP contribution in [-0.2, 0) is 38.1 Å². The number of aliphatic hydroxyl groups is 2. The van der Waals surface area contributed by atoms with Gasteiger partial charge in [-0.1, -0.05) is 0 Å². The fourth-order valence-electron chi connectivity index (χ4n) is 15.6. The maximum absolute atomic E-state index is 14.1. The molecule has 6 unspecified atom stereocenters. The number of hydrogen-bond acceptors (Lipinski definition) is 10. The van der Waals surface area contributed by atoms with Crippen LogP contribution in [-0.4, -0.2) is 89.5 Å². The van der Waals surface area contributed by atoms with Gasteiger partial charge in [-0.15, -0.1) is 0 Å². The zero-order chi connectivity index (χ0) is 36.9. The number of rotatable bonds is 9. The maximum Gasteiger partial charge on any atom is 0.312 e. The minimum atomic E-state index is -3.10. The minimum absolute atomic E-state index is 0.0229. The molecule has 1 heterocycles. The highest BCUT2D eigenvalue weighted by atomic mass is 19.3. The molecule has 0 aromatic carbocycles. The predicted octanol–water partition coefficient (Wildman–Crippen LogP) is 5.28. The summed E-state index contributed by atoms with van der Waals surface area (Å²) < 4.78 is 58.6. The van der Waals surface area contributed by atoms with Crippen LogP contribution < -0.4 is 0 Å². The Morgan fingerprint density at radius 3 is 1.47 bits per heavy atom. The highest BCUT2D eigenvalue weighted by Crippen LogP contribution is 2.67. The highest BCUT2D eigenvalue weighted by molar-refractivity contribution is 5.79. The van der Waals surface area contributed by atoms with Gasteiger partial charge >= 0.3 is 17.9 Å². The molecule has 13 rings (SSSR count). The molecule has 12 heteroatoms. The molecule has 6 atom stereocenters. The molecular formula is C41H56F2O10. The SMILES string of the molecule is CC(F)(F)COC(=O)C12CC3CC(C1)C1(COC(COC(=O)C45CC6CC(CC(O)(C6)C4)C5)(COC(=O)C45CC6CC(CC(O)(C6)C4)C5)CO1)C(C3)C2. The molecule has 0 aromatic rings. The summed E-state index contributed by atoms with van der Waals surface area (Å²) in [7, 11) is 0. The Labute approximate surface area is 309 Å². The van der Waals surface area contributed by atoms with Crippen LogP contribution in [0.3, 0.4) is 0 Å². The molecule has 12 aliphatic carbocycles. The molecule has 10 nitrogen and oxygen atoms in total. The number of ether oxygens (including phenoxy) is 5. The molecule has 1 spiro atoms. The third-order valence-corrected chi connectivity index (χ3v) is 16.5. The van der Waals surface area contributed by atoms with Crippen molar-refractivity contribution in [1.82, 2.24) is 0 Å². The van der Waals surface area contributed by atoms with Gasteiger partial charge in [0, 0.05) is 6.92 Å². The molecule has 53 heavy (non-hydrogen) atoms. The van der Waals surface area contributed by atoms with Crippen molar-refractivity contribution in [3.8, 4) is 0 Å². The van der Waals surface area contributed by atoms with Gasteiger partial charge in [0.2, 0.25) is 0 Å². The molecule has 1 aliphatic heterocycles. The summed E-state index contributed by atoms with van der Waals surface area (Å²) in [5, 5.41) is 22.7. The first-order valence-electron chi connectivity index (χ1n) is 20.6. The quantitative estimate of drug-likeness (QED) is 0.237. The van der Waals surface area contributed by atoms with Gasteiger partial charge in [-0.25, -0.2) is 8.78 Å². The standard InChI is InChI=1S/C41H56F2O10/c1-34(42,43)19-49-31(44)35-6-24-4-29(15-35)41(30(5-24)16-35)23-52-40(22-53-41,20-50-32(45)36-7-25-2-26(8-36)12-38(47,11-25)17-36)21-51-33(46)37-9-27-3-28(10-37)14-39(48,13-27)18-37/h24-30,47-48H,2-23H2,1H3. The molecule has 12 saturated carbocycles. The predicted molar refractivity (Wildman–Crippen MR) is 181 cm³/mol. The van der Waals surface area contributed by atoms with Crippen LogP contribution in [0.2, 0.25) is 0 Å². The summed E-state index contributed by atoms with van der Waals surface area (Å²) in [6.45, 7) is -0.302. The zero-order valence-corrected chi connectivity index (χ0v) is 31.0. The highest BCUT2D eigenvalue weighted by Gasteiger charge is 2.68. The van der Waals surface area contributed by atoms with E-state index in [2.05, 4.69) is 0 Å². The van der Waals surface area contributed by atoms with Gasteiger partial charge in [-0.3, -0.25) is 14.4 Å².